The van der Waals surface area contributed by atoms with Crippen molar-refractivity contribution in [1.82, 2.24) is 0 Å². The Morgan fingerprint density at radius 1 is 0.714 bits per heavy atom. The van der Waals surface area contributed by atoms with E-state index in [9.17, 15) is 5.11 Å². The van der Waals surface area contributed by atoms with Gasteiger partial charge in [0.05, 0.1) is 6.10 Å². The Morgan fingerprint density at radius 3 is 1.71 bits per heavy atom. The van der Waals surface area contributed by atoms with Crippen molar-refractivity contribution >= 4 is 0 Å². The molecule has 2 atom stereocenters. The third-order valence-electron chi connectivity index (χ3n) is 3.28. The van der Waals surface area contributed by atoms with Gasteiger partial charge in [-0.15, -0.1) is 0 Å². The van der Waals surface area contributed by atoms with Gasteiger partial charge >= 0.3 is 0 Å². The van der Waals surface area contributed by atoms with Crippen molar-refractivity contribution in [3.05, 3.63) is 0 Å². The first kappa shape index (κ1) is 12.0. The third-order valence-corrected chi connectivity index (χ3v) is 3.28. The van der Waals surface area contributed by atoms with E-state index < -0.39 is 0 Å². The monoisotopic (exact) mass is 199 g/mol. The number of hydrogen-bond acceptors (Lipinski definition) is 2. The molecule has 0 amide bonds. The fraction of sp³-hybridized carbons (Fsp3) is 1.00. The van der Waals surface area contributed by atoms with Gasteiger partial charge in [-0.1, -0.05) is 51.4 Å². The lowest BCUT2D eigenvalue weighted by molar-refractivity contribution is 0.126. The average molecular weight is 199 g/mol. The van der Waals surface area contributed by atoms with Crippen LogP contribution in [0.1, 0.15) is 64.2 Å². The summed E-state index contributed by atoms with van der Waals surface area (Å²) in [6.07, 6.45) is 12.0. The highest BCUT2D eigenvalue weighted by Crippen LogP contribution is 2.16. The smallest absolute Gasteiger partial charge is 0.0691 e. The van der Waals surface area contributed by atoms with Crippen LogP contribution in [0, 0.1) is 0 Å². The maximum atomic E-state index is 9.74. The van der Waals surface area contributed by atoms with Gasteiger partial charge in [0.2, 0.25) is 0 Å². The van der Waals surface area contributed by atoms with E-state index in [1.165, 1.54) is 44.9 Å². The second-order valence-corrected chi connectivity index (χ2v) is 4.64. The van der Waals surface area contributed by atoms with Gasteiger partial charge < -0.3 is 10.8 Å². The summed E-state index contributed by atoms with van der Waals surface area (Å²) in [6.45, 7) is 0. The Kier molecular flexibility index (Phi) is 6.20. The Balaban J connectivity index is 2.23. The van der Waals surface area contributed by atoms with Gasteiger partial charge in [-0.25, -0.2) is 0 Å². The SMILES string of the molecule is N[C@H]1CCCCCCCCCC[C@H]1O. The quantitative estimate of drug-likeness (QED) is 0.630. The first-order valence-corrected chi connectivity index (χ1v) is 6.24. The van der Waals surface area contributed by atoms with Gasteiger partial charge in [-0.05, 0) is 12.8 Å². The predicted molar refractivity (Wildman–Crippen MR) is 60.2 cm³/mol. The van der Waals surface area contributed by atoms with Crippen LogP contribution < -0.4 is 5.73 Å². The molecular formula is C12H25NO. The zero-order valence-corrected chi connectivity index (χ0v) is 9.25. The first-order chi connectivity index (χ1) is 6.80. The number of rotatable bonds is 0. The largest absolute Gasteiger partial charge is 0.392 e. The van der Waals surface area contributed by atoms with Crippen molar-refractivity contribution in [2.75, 3.05) is 0 Å². The summed E-state index contributed by atoms with van der Waals surface area (Å²) < 4.78 is 0. The fourth-order valence-corrected chi connectivity index (χ4v) is 2.20. The second-order valence-electron chi connectivity index (χ2n) is 4.64. The molecule has 0 heterocycles. The lowest BCUT2D eigenvalue weighted by atomic mass is 9.96. The fourth-order valence-electron chi connectivity index (χ4n) is 2.20. The predicted octanol–water partition coefficient (Wildman–Crippen LogP) is 2.59. The number of aliphatic hydroxyl groups is 1. The molecule has 0 saturated heterocycles. The van der Waals surface area contributed by atoms with Crippen molar-refractivity contribution in [2.24, 2.45) is 5.73 Å². The second kappa shape index (κ2) is 7.24. The van der Waals surface area contributed by atoms with Crippen molar-refractivity contribution in [2.45, 2.75) is 76.4 Å². The van der Waals surface area contributed by atoms with E-state index in [2.05, 4.69) is 0 Å². The minimum atomic E-state index is -0.255. The highest BCUT2D eigenvalue weighted by atomic mass is 16.3. The molecule has 0 unspecified atom stereocenters. The van der Waals surface area contributed by atoms with Gasteiger partial charge in [0.15, 0.2) is 0 Å². The molecule has 0 radical (unpaired) electrons. The van der Waals surface area contributed by atoms with Crippen molar-refractivity contribution < 1.29 is 5.11 Å². The summed E-state index contributed by atoms with van der Waals surface area (Å²) in [5.41, 5.74) is 5.91. The zero-order chi connectivity index (χ0) is 10.2. The maximum Gasteiger partial charge on any atom is 0.0691 e. The van der Waals surface area contributed by atoms with Crippen LogP contribution in [0.3, 0.4) is 0 Å². The molecule has 1 aliphatic carbocycles. The van der Waals surface area contributed by atoms with Crippen LogP contribution in [-0.4, -0.2) is 17.3 Å². The van der Waals surface area contributed by atoms with E-state index in [1.807, 2.05) is 0 Å². The van der Waals surface area contributed by atoms with Gasteiger partial charge in [-0.3, -0.25) is 0 Å². The van der Waals surface area contributed by atoms with Crippen LogP contribution >= 0.6 is 0 Å². The summed E-state index contributed by atoms with van der Waals surface area (Å²) in [7, 11) is 0. The van der Waals surface area contributed by atoms with Crippen LogP contribution in [0.5, 0.6) is 0 Å². The number of hydrogen-bond donors (Lipinski definition) is 2. The Labute approximate surface area is 87.9 Å². The molecule has 1 rings (SSSR count). The topological polar surface area (TPSA) is 46.2 Å². The van der Waals surface area contributed by atoms with E-state index in [-0.39, 0.29) is 12.1 Å². The summed E-state index contributed by atoms with van der Waals surface area (Å²) in [4.78, 5) is 0. The van der Waals surface area contributed by atoms with Crippen molar-refractivity contribution in [3.63, 3.8) is 0 Å². The molecule has 1 saturated carbocycles. The molecule has 0 bridgehead atoms. The minimum Gasteiger partial charge on any atom is -0.392 e. The van der Waals surface area contributed by atoms with E-state index in [1.54, 1.807) is 0 Å². The molecule has 0 aromatic carbocycles. The third kappa shape index (κ3) is 4.97. The van der Waals surface area contributed by atoms with Crippen LogP contribution in [0.4, 0.5) is 0 Å². The summed E-state index contributed by atoms with van der Waals surface area (Å²) >= 11 is 0. The lowest BCUT2D eigenvalue weighted by Crippen LogP contribution is -2.34. The Morgan fingerprint density at radius 2 is 1.14 bits per heavy atom. The number of nitrogens with two attached hydrogens (primary N) is 1. The molecule has 1 fully saturated rings. The molecule has 0 aromatic rings. The van der Waals surface area contributed by atoms with Crippen molar-refractivity contribution in [1.29, 1.82) is 0 Å². The molecule has 2 heteroatoms. The minimum absolute atomic E-state index is 0.0226. The van der Waals surface area contributed by atoms with Crippen molar-refractivity contribution in [3.8, 4) is 0 Å². The highest BCUT2D eigenvalue weighted by Gasteiger charge is 2.13. The summed E-state index contributed by atoms with van der Waals surface area (Å²) in [5.74, 6) is 0. The molecule has 3 N–H and O–H groups in total. The molecule has 84 valence electrons. The van der Waals surface area contributed by atoms with Crippen LogP contribution in [0.25, 0.3) is 0 Å². The normalized spacial score (nSPS) is 33.0. The molecule has 0 aromatic heterocycles. The molecule has 0 aliphatic heterocycles. The Hall–Kier alpha value is -0.0800. The standard InChI is InChI=1S/C12H25NO/c13-11-9-7-5-3-1-2-4-6-8-10-12(11)14/h11-12,14H,1-10,13H2/t11-,12+/m0/s1. The van der Waals surface area contributed by atoms with Gasteiger partial charge in [0.1, 0.15) is 0 Å². The Bertz CT molecular complexity index is 122. The molecule has 0 spiro atoms. The zero-order valence-electron chi connectivity index (χ0n) is 9.25. The molecule has 2 nitrogen and oxygen atoms in total. The van der Waals surface area contributed by atoms with Crippen LogP contribution in [0.2, 0.25) is 0 Å². The molecular weight excluding hydrogens is 174 g/mol. The lowest BCUT2D eigenvalue weighted by Gasteiger charge is -2.19. The average Bonchev–Trinajstić information content (AvgIpc) is 2.18. The summed E-state index contributed by atoms with van der Waals surface area (Å²) in [6, 6.07) is 0.0226. The number of aliphatic hydroxyl groups excluding tert-OH is 1. The maximum absolute atomic E-state index is 9.74. The van der Waals surface area contributed by atoms with Gasteiger partial charge in [-0.2, -0.15) is 0 Å². The molecule has 14 heavy (non-hydrogen) atoms. The van der Waals surface area contributed by atoms with Crippen LogP contribution in [-0.2, 0) is 0 Å². The van der Waals surface area contributed by atoms with E-state index in [4.69, 9.17) is 5.73 Å². The van der Waals surface area contributed by atoms with E-state index in [0.29, 0.717) is 0 Å². The van der Waals surface area contributed by atoms with Gasteiger partial charge in [0.25, 0.3) is 0 Å². The van der Waals surface area contributed by atoms with Gasteiger partial charge in [0, 0.05) is 6.04 Å². The van der Waals surface area contributed by atoms with Crippen LogP contribution in [0.15, 0.2) is 0 Å². The highest BCUT2D eigenvalue weighted by molar-refractivity contribution is 4.72. The van der Waals surface area contributed by atoms with E-state index >= 15 is 0 Å². The summed E-state index contributed by atoms with van der Waals surface area (Å²) in [5, 5.41) is 9.74. The first-order valence-electron chi connectivity index (χ1n) is 6.24. The molecule has 1 aliphatic rings. The van der Waals surface area contributed by atoms with E-state index in [0.717, 1.165) is 19.3 Å².